The van der Waals surface area contributed by atoms with E-state index in [0.717, 1.165) is 19.3 Å². The van der Waals surface area contributed by atoms with Crippen LogP contribution in [0.25, 0.3) is 0 Å². The highest BCUT2D eigenvalue weighted by atomic mass is 19.4. The van der Waals surface area contributed by atoms with Crippen LogP contribution in [0.15, 0.2) is 0 Å². The van der Waals surface area contributed by atoms with E-state index in [1.165, 1.54) is 6.92 Å². The van der Waals surface area contributed by atoms with Crippen molar-refractivity contribution in [1.29, 1.82) is 0 Å². The highest BCUT2D eigenvalue weighted by Gasteiger charge is 2.45. The Morgan fingerprint density at radius 3 is 1.83 bits per heavy atom. The number of amides is 1. The second kappa shape index (κ2) is 5.71. The van der Waals surface area contributed by atoms with Crippen LogP contribution in [0.3, 0.4) is 0 Å². The predicted molar refractivity (Wildman–Crippen MR) is 59.9 cm³/mol. The summed E-state index contributed by atoms with van der Waals surface area (Å²) in [5.41, 5.74) is -1.33. The molecule has 104 valence electrons. The normalized spacial score (nSPS) is 20.7. The summed E-state index contributed by atoms with van der Waals surface area (Å²) in [4.78, 5) is 22.7. The van der Waals surface area contributed by atoms with Gasteiger partial charge in [0, 0.05) is 0 Å². The van der Waals surface area contributed by atoms with Crippen molar-refractivity contribution in [3.63, 3.8) is 0 Å². The highest BCUT2D eigenvalue weighted by Crippen LogP contribution is 2.28. The zero-order valence-electron chi connectivity index (χ0n) is 10.4. The van der Waals surface area contributed by atoms with Crippen LogP contribution < -0.4 is 5.32 Å². The minimum Gasteiger partial charge on any atom is -0.336 e. The van der Waals surface area contributed by atoms with Crippen LogP contribution in [0.4, 0.5) is 13.2 Å². The lowest BCUT2D eigenvalue weighted by atomic mass is 9.81. The molecule has 1 N–H and O–H groups in total. The monoisotopic (exact) mass is 265 g/mol. The number of rotatable bonds is 2. The lowest BCUT2D eigenvalue weighted by Crippen LogP contribution is -2.57. The molecular formula is C12H18F3NO2. The molecule has 0 aliphatic heterocycles. The van der Waals surface area contributed by atoms with Crippen molar-refractivity contribution >= 4 is 11.7 Å². The molecule has 1 fully saturated rings. The lowest BCUT2D eigenvalue weighted by molar-refractivity contribution is -0.176. The van der Waals surface area contributed by atoms with Crippen LogP contribution in [0.2, 0.25) is 0 Å². The second-order valence-electron chi connectivity index (χ2n) is 4.86. The van der Waals surface area contributed by atoms with Crippen molar-refractivity contribution in [2.24, 2.45) is 0 Å². The van der Waals surface area contributed by atoms with Gasteiger partial charge in [0.1, 0.15) is 0 Å². The summed E-state index contributed by atoms with van der Waals surface area (Å²) in [6.45, 7) is 1.25. The Bertz CT molecular complexity index is 318. The Morgan fingerprint density at radius 1 is 1.00 bits per heavy atom. The third kappa shape index (κ3) is 3.71. The molecule has 0 aromatic heterocycles. The molecule has 0 heterocycles. The van der Waals surface area contributed by atoms with E-state index < -0.39 is 17.6 Å². The number of hydrogen-bond acceptors (Lipinski definition) is 2. The molecule has 3 nitrogen and oxygen atoms in total. The number of halogens is 3. The molecule has 0 saturated heterocycles. The number of alkyl halides is 3. The molecule has 6 heteroatoms. The lowest BCUT2D eigenvalue weighted by Gasteiger charge is -2.34. The molecule has 0 unspecified atom stereocenters. The van der Waals surface area contributed by atoms with Crippen molar-refractivity contribution in [2.75, 3.05) is 0 Å². The summed E-state index contributed by atoms with van der Waals surface area (Å²) in [6.07, 6.45) is -0.219. The van der Waals surface area contributed by atoms with Gasteiger partial charge in [-0.15, -0.1) is 0 Å². The average Bonchev–Trinajstić information content (AvgIpc) is 2.20. The third-order valence-corrected chi connectivity index (χ3v) is 3.49. The van der Waals surface area contributed by atoms with Crippen molar-refractivity contribution in [2.45, 2.75) is 63.6 Å². The maximum Gasteiger partial charge on any atom is 0.471 e. The van der Waals surface area contributed by atoms with Crippen LogP contribution in [-0.2, 0) is 9.59 Å². The van der Waals surface area contributed by atoms with Gasteiger partial charge >= 0.3 is 12.1 Å². The minimum atomic E-state index is -4.94. The first-order valence-corrected chi connectivity index (χ1v) is 6.18. The Kier molecular flexibility index (Phi) is 4.76. The maximum atomic E-state index is 12.3. The highest BCUT2D eigenvalue weighted by molar-refractivity contribution is 5.93. The molecule has 1 saturated carbocycles. The van der Waals surface area contributed by atoms with Crippen LogP contribution in [0.5, 0.6) is 0 Å². The summed E-state index contributed by atoms with van der Waals surface area (Å²) >= 11 is 0. The summed E-state index contributed by atoms with van der Waals surface area (Å²) in [6, 6.07) is 0. The fraction of sp³-hybridized carbons (Fsp3) is 0.833. The fourth-order valence-electron chi connectivity index (χ4n) is 2.36. The fourth-order valence-corrected chi connectivity index (χ4v) is 2.36. The van der Waals surface area contributed by atoms with Gasteiger partial charge in [0.2, 0.25) is 0 Å². The van der Waals surface area contributed by atoms with E-state index >= 15 is 0 Å². The molecule has 18 heavy (non-hydrogen) atoms. The summed E-state index contributed by atoms with van der Waals surface area (Å²) in [5.74, 6) is -2.40. The second-order valence-corrected chi connectivity index (χ2v) is 4.86. The van der Waals surface area contributed by atoms with Crippen LogP contribution >= 0.6 is 0 Å². The van der Waals surface area contributed by atoms with Crippen molar-refractivity contribution in [3.05, 3.63) is 0 Å². The number of nitrogens with one attached hydrogen (secondary N) is 1. The first kappa shape index (κ1) is 15.0. The Hall–Kier alpha value is -1.07. The zero-order valence-corrected chi connectivity index (χ0v) is 10.4. The molecule has 0 spiro atoms. The van der Waals surface area contributed by atoms with Gasteiger partial charge in [-0.1, -0.05) is 32.1 Å². The molecule has 0 atom stereocenters. The van der Waals surface area contributed by atoms with E-state index in [1.54, 1.807) is 0 Å². The minimum absolute atomic E-state index is 0.296. The van der Waals surface area contributed by atoms with Gasteiger partial charge < -0.3 is 5.32 Å². The third-order valence-electron chi connectivity index (χ3n) is 3.49. The van der Waals surface area contributed by atoms with Crippen LogP contribution in [0, 0.1) is 0 Å². The number of carbonyl (C=O) groups is 2. The van der Waals surface area contributed by atoms with Crippen molar-refractivity contribution < 1.29 is 22.8 Å². The molecule has 1 aliphatic rings. The molecule has 0 bridgehead atoms. The van der Waals surface area contributed by atoms with Gasteiger partial charge in [-0.2, -0.15) is 13.2 Å². The largest absolute Gasteiger partial charge is 0.471 e. The quantitative estimate of drug-likeness (QED) is 0.834. The van der Waals surface area contributed by atoms with Crippen molar-refractivity contribution in [1.82, 2.24) is 5.32 Å². The van der Waals surface area contributed by atoms with Crippen LogP contribution in [-0.4, -0.2) is 23.4 Å². The maximum absolute atomic E-state index is 12.3. The smallest absolute Gasteiger partial charge is 0.336 e. The van der Waals surface area contributed by atoms with Crippen LogP contribution in [0.1, 0.15) is 51.9 Å². The molecule has 0 radical (unpaired) electrons. The van der Waals surface area contributed by atoms with E-state index in [9.17, 15) is 22.8 Å². The predicted octanol–water partition coefficient (Wildman–Crippen LogP) is 2.74. The molecule has 1 rings (SSSR count). The number of hydrogen-bond donors (Lipinski definition) is 1. The summed E-state index contributed by atoms with van der Waals surface area (Å²) in [5, 5.41) is 1.93. The van der Waals surface area contributed by atoms with E-state index in [2.05, 4.69) is 0 Å². The standard InChI is InChI=1S/C12H18F3NO2/c1-9(17)11(16-10(18)12(13,14)15)7-5-3-2-4-6-8-11/h2-8H2,1H3,(H,16,18). The number of ketones is 1. The van der Waals surface area contributed by atoms with Gasteiger partial charge in [0.15, 0.2) is 5.78 Å². The van der Waals surface area contributed by atoms with Gasteiger partial charge in [-0.3, -0.25) is 9.59 Å². The van der Waals surface area contributed by atoms with E-state index in [0.29, 0.717) is 25.7 Å². The molecule has 1 amide bonds. The van der Waals surface area contributed by atoms with E-state index in [1.807, 2.05) is 5.32 Å². The zero-order chi connectivity index (χ0) is 13.8. The van der Waals surface area contributed by atoms with E-state index in [4.69, 9.17) is 0 Å². The van der Waals surface area contributed by atoms with Gasteiger partial charge in [0.05, 0.1) is 5.54 Å². The Balaban J connectivity index is 2.84. The molecule has 0 aromatic rings. The van der Waals surface area contributed by atoms with Gasteiger partial charge in [-0.25, -0.2) is 0 Å². The Labute approximate surface area is 104 Å². The van der Waals surface area contributed by atoms with E-state index in [-0.39, 0.29) is 5.78 Å². The summed E-state index contributed by atoms with van der Waals surface area (Å²) < 4.78 is 36.9. The topological polar surface area (TPSA) is 46.2 Å². The van der Waals surface area contributed by atoms with Crippen molar-refractivity contribution in [3.8, 4) is 0 Å². The summed E-state index contributed by atoms with van der Waals surface area (Å²) in [7, 11) is 0. The molecule has 0 aromatic carbocycles. The number of Topliss-reactive ketones (excluding diaryl/α,β-unsaturated/α-hetero) is 1. The molecular weight excluding hydrogens is 247 g/mol. The number of carbonyl (C=O) groups excluding carboxylic acids is 2. The first-order valence-electron chi connectivity index (χ1n) is 6.18. The van der Waals surface area contributed by atoms with Gasteiger partial charge in [-0.05, 0) is 19.8 Å². The molecule has 1 aliphatic carbocycles. The Morgan fingerprint density at radius 2 is 1.44 bits per heavy atom. The first-order chi connectivity index (χ1) is 8.28. The average molecular weight is 265 g/mol. The SMILES string of the molecule is CC(=O)C1(NC(=O)C(F)(F)F)CCCCCCC1. The van der Waals surface area contributed by atoms with Gasteiger partial charge in [0.25, 0.3) is 0 Å².